The van der Waals surface area contributed by atoms with Gasteiger partial charge in [0.2, 0.25) is 5.76 Å². The van der Waals surface area contributed by atoms with Gasteiger partial charge in [-0.15, -0.1) is 0 Å². The van der Waals surface area contributed by atoms with Gasteiger partial charge in [0.25, 0.3) is 5.91 Å². The number of pyridine rings is 1. The lowest BCUT2D eigenvalue weighted by Crippen LogP contribution is -2.11. The Labute approximate surface area is 102 Å². The number of benzene rings is 1. The molecule has 1 amide bonds. The maximum atomic E-state index is 11.7. The summed E-state index contributed by atoms with van der Waals surface area (Å²) in [6.45, 7) is 0. The van der Waals surface area contributed by atoms with E-state index in [4.69, 9.17) is 4.42 Å². The Hall–Kier alpha value is -2.69. The van der Waals surface area contributed by atoms with Crippen LogP contribution in [0, 0.1) is 0 Å². The van der Waals surface area contributed by atoms with Gasteiger partial charge in [0.05, 0.1) is 11.7 Å². The molecule has 0 radical (unpaired) electrons. The molecule has 0 aliphatic heterocycles. The van der Waals surface area contributed by atoms with Gasteiger partial charge in [0.15, 0.2) is 6.39 Å². The molecule has 0 aliphatic carbocycles. The highest BCUT2D eigenvalue weighted by Crippen LogP contribution is 2.15. The third-order valence-electron chi connectivity index (χ3n) is 2.50. The monoisotopic (exact) mass is 239 g/mol. The fraction of sp³-hybridized carbons (Fsp3) is 0. The van der Waals surface area contributed by atoms with Gasteiger partial charge in [-0.25, -0.2) is 9.97 Å². The minimum absolute atomic E-state index is 0.157. The number of nitrogens with one attached hydrogen (secondary N) is 1. The van der Waals surface area contributed by atoms with Gasteiger partial charge < -0.3 is 9.73 Å². The first-order valence-corrected chi connectivity index (χ1v) is 5.38. The minimum atomic E-state index is -0.365. The van der Waals surface area contributed by atoms with E-state index in [0.717, 1.165) is 10.9 Å². The second-order valence-corrected chi connectivity index (χ2v) is 3.71. The molecular formula is C13H9N3O2. The van der Waals surface area contributed by atoms with E-state index in [0.29, 0.717) is 5.82 Å². The van der Waals surface area contributed by atoms with E-state index in [1.807, 2.05) is 30.3 Å². The average molecular weight is 239 g/mol. The number of oxazole rings is 1. The molecule has 3 rings (SSSR count). The van der Waals surface area contributed by atoms with Gasteiger partial charge in [0.1, 0.15) is 5.82 Å². The first-order valence-electron chi connectivity index (χ1n) is 5.38. The van der Waals surface area contributed by atoms with E-state index in [1.165, 1.54) is 12.6 Å². The molecule has 0 bridgehead atoms. The quantitative estimate of drug-likeness (QED) is 0.745. The normalized spacial score (nSPS) is 10.4. The number of amides is 1. The summed E-state index contributed by atoms with van der Waals surface area (Å²) < 4.78 is 4.90. The fourth-order valence-corrected chi connectivity index (χ4v) is 1.64. The second-order valence-electron chi connectivity index (χ2n) is 3.71. The number of hydrogen-bond acceptors (Lipinski definition) is 4. The first-order chi connectivity index (χ1) is 8.83. The van der Waals surface area contributed by atoms with Crippen molar-refractivity contribution >= 4 is 22.6 Å². The highest BCUT2D eigenvalue weighted by molar-refractivity contribution is 6.01. The lowest BCUT2D eigenvalue weighted by Gasteiger charge is -2.03. The molecule has 0 fully saturated rings. The molecule has 18 heavy (non-hydrogen) atoms. The second kappa shape index (κ2) is 4.29. The first kappa shape index (κ1) is 10.5. The number of nitrogens with zero attached hydrogens (tertiary/aromatic N) is 2. The number of aromatic nitrogens is 2. The number of rotatable bonds is 2. The number of carbonyl (C=O) groups is 1. The summed E-state index contributed by atoms with van der Waals surface area (Å²) in [7, 11) is 0. The van der Waals surface area contributed by atoms with E-state index in [1.54, 1.807) is 6.07 Å². The Bertz CT molecular complexity index is 692. The van der Waals surface area contributed by atoms with Crippen molar-refractivity contribution in [3.05, 3.63) is 54.7 Å². The van der Waals surface area contributed by atoms with E-state index < -0.39 is 0 Å². The van der Waals surface area contributed by atoms with Crippen LogP contribution in [0.5, 0.6) is 0 Å². The molecule has 0 unspecified atom stereocenters. The van der Waals surface area contributed by atoms with Gasteiger partial charge in [-0.1, -0.05) is 18.2 Å². The third kappa shape index (κ3) is 1.93. The van der Waals surface area contributed by atoms with Crippen molar-refractivity contribution in [2.24, 2.45) is 0 Å². The number of anilines is 1. The molecule has 0 atom stereocenters. The minimum Gasteiger partial charge on any atom is -0.438 e. The Kier molecular flexibility index (Phi) is 2.49. The van der Waals surface area contributed by atoms with Crippen LogP contribution in [0.1, 0.15) is 10.6 Å². The zero-order valence-corrected chi connectivity index (χ0v) is 9.33. The van der Waals surface area contributed by atoms with E-state index in [-0.39, 0.29) is 11.7 Å². The van der Waals surface area contributed by atoms with Crippen molar-refractivity contribution in [2.75, 3.05) is 5.32 Å². The molecule has 0 saturated heterocycles. The number of para-hydroxylation sites is 1. The summed E-state index contributed by atoms with van der Waals surface area (Å²) in [5.41, 5.74) is 0.827. The van der Waals surface area contributed by atoms with E-state index in [9.17, 15) is 4.79 Å². The van der Waals surface area contributed by atoms with Gasteiger partial charge >= 0.3 is 0 Å². The highest BCUT2D eigenvalue weighted by Gasteiger charge is 2.10. The van der Waals surface area contributed by atoms with Crippen molar-refractivity contribution in [2.45, 2.75) is 0 Å². The lowest BCUT2D eigenvalue weighted by atomic mass is 10.2. The Morgan fingerprint density at radius 1 is 1.17 bits per heavy atom. The van der Waals surface area contributed by atoms with Crippen LogP contribution in [0.25, 0.3) is 10.9 Å². The molecule has 0 spiro atoms. The zero-order valence-electron chi connectivity index (χ0n) is 9.33. The van der Waals surface area contributed by atoms with Gasteiger partial charge in [-0.3, -0.25) is 4.79 Å². The summed E-state index contributed by atoms with van der Waals surface area (Å²) in [6.07, 6.45) is 2.57. The molecule has 0 saturated carbocycles. The summed E-state index contributed by atoms with van der Waals surface area (Å²) in [4.78, 5) is 19.7. The predicted octanol–water partition coefficient (Wildman–Crippen LogP) is 2.48. The van der Waals surface area contributed by atoms with Crippen LogP contribution in [-0.4, -0.2) is 15.9 Å². The van der Waals surface area contributed by atoms with Crippen LogP contribution in [-0.2, 0) is 0 Å². The molecule has 1 aromatic carbocycles. The maximum absolute atomic E-state index is 11.7. The van der Waals surface area contributed by atoms with E-state index >= 15 is 0 Å². The third-order valence-corrected chi connectivity index (χ3v) is 2.50. The zero-order chi connectivity index (χ0) is 12.4. The molecule has 0 aliphatic rings. The summed E-state index contributed by atoms with van der Waals surface area (Å²) in [6, 6.07) is 11.3. The highest BCUT2D eigenvalue weighted by atomic mass is 16.3. The molecule has 2 heterocycles. The molecule has 5 nitrogen and oxygen atoms in total. The lowest BCUT2D eigenvalue weighted by molar-refractivity contribution is 0.0996. The van der Waals surface area contributed by atoms with Crippen LogP contribution in [0.4, 0.5) is 5.82 Å². The van der Waals surface area contributed by atoms with Crippen LogP contribution < -0.4 is 5.32 Å². The smallest absolute Gasteiger partial charge is 0.294 e. The van der Waals surface area contributed by atoms with Crippen LogP contribution in [0.2, 0.25) is 0 Å². The number of fused-ring (bicyclic) bond motifs is 1. The van der Waals surface area contributed by atoms with Crippen molar-refractivity contribution in [3.63, 3.8) is 0 Å². The predicted molar refractivity (Wildman–Crippen MR) is 66.2 cm³/mol. The molecule has 1 N–H and O–H groups in total. The maximum Gasteiger partial charge on any atom is 0.294 e. The Morgan fingerprint density at radius 3 is 2.89 bits per heavy atom. The van der Waals surface area contributed by atoms with Crippen molar-refractivity contribution < 1.29 is 9.21 Å². The summed E-state index contributed by atoms with van der Waals surface area (Å²) >= 11 is 0. The average Bonchev–Trinajstić information content (AvgIpc) is 2.92. The van der Waals surface area contributed by atoms with E-state index in [2.05, 4.69) is 15.3 Å². The Morgan fingerprint density at radius 2 is 2.06 bits per heavy atom. The van der Waals surface area contributed by atoms with Crippen molar-refractivity contribution in [1.29, 1.82) is 0 Å². The van der Waals surface area contributed by atoms with Crippen molar-refractivity contribution in [1.82, 2.24) is 9.97 Å². The van der Waals surface area contributed by atoms with Crippen LogP contribution in [0.15, 0.2) is 53.4 Å². The molecular weight excluding hydrogens is 230 g/mol. The Balaban J connectivity index is 1.89. The van der Waals surface area contributed by atoms with Gasteiger partial charge in [-0.05, 0) is 18.2 Å². The topological polar surface area (TPSA) is 68.0 Å². The molecule has 2 aromatic heterocycles. The van der Waals surface area contributed by atoms with Crippen LogP contribution >= 0.6 is 0 Å². The van der Waals surface area contributed by atoms with Gasteiger partial charge in [0, 0.05) is 5.39 Å². The molecule has 5 heteroatoms. The number of carbonyl (C=O) groups excluding carboxylic acids is 1. The molecule has 88 valence electrons. The van der Waals surface area contributed by atoms with Crippen molar-refractivity contribution in [3.8, 4) is 0 Å². The number of hydrogen-bond donors (Lipinski definition) is 1. The summed E-state index contributed by atoms with van der Waals surface area (Å²) in [5, 5.41) is 3.68. The molecule has 3 aromatic rings. The standard InChI is InChI=1S/C13H9N3O2/c17-13(11-7-14-8-18-11)16-12-6-5-9-3-1-2-4-10(9)15-12/h1-8H,(H,15,16,17). The van der Waals surface area contributed by atoms with Crippen LogP contribution in [0.3, 0.4) is 0 Å². The van der Waals surface area contributed by atoms with Gasteiger partial charge in [-0.2, -0.15) is 0 Å². The fourth-order valence-electron chi connectivity index (χ4n) is 1.64. The SMILES string of the molecule is O=C(Nc1ccc2ccccc2n1)c1cnco1. The largest absolute Gasteiger partial charge is 0.438 e. The summed E-state index contributed by atoms with van der Waals surface area (Å²) in [5.74, 6) is 0.273.